The number of rotatable bonds is 8. The number of halogens is 1. The van der Waals surface area contributed by atoms with E-state index in [1.54, 1.807) is 6.07 Å². The van der Waals surface area contributed by atoms with Crippen molar-refractivity contribution in [1.82, 2.24) is 5.32 Å². The molecule has 1 amide bonds. The summed E-state index contributed by atoms with van der Waals surface area (Å²) in [5, 5.41) is 12.6. The number of amides is 1. The Balaban J connectivity index is 1.96. The van der Waals surface area contributed by atoms with Crippen LogP contribution in [-0.2, 0) is 16.0 Å². The van der Waals surface area contributed by atoms with Crippen LogP contribution in [0.2, 0.25) is 5.02 Å². The zero-order chi connectivity index (χ0) is 19.1. The maximum absolute atomic E-state index is 12.4. The van der Waals surface area contributed by atoms with Crippen LogP contribution in [0.3, 0.4) is 0 Å². The predicted molar refractivity (Wildman–Crippen MR) is 99.0 cm³/mol. The lowest BCUT2D eigenvalue weighted by molar-refractivity contribution is -0.148. The minimum Gasteiger partial charge on any atom is -0.491 e. The molecule has 1 saturated carbocycles. The molecule has 144 valence electrons. The third-order valence-electron chi connectivity index (χ3n) is 4.71. The molecule has 1 aromatic rings. The van der Waals surface area contributed by atoms with Gasteiger partial charge >= 0.3 is 5.97 Å². The Morgan fingerprint density at radius 3 is 2.58 bits per heavy atom. The average Bonchev–Trinajstić information content (AvgIpc) is 2.61. The molecule has 1 aliphatic rings. The molecule has 1 aromatic carbocycles. The number of methoxy groups -OCH3 is 1. The Bertz CT molecular complexity index is 649. The van der Waals surface area contributed by atoms with E-state index >= 15 is 0 Å². The lowest BCUT2D eigenvalue weighted by Gasteiger charge is -2.27. The first-order valence-corrected chi connectivity index (χ1v) is 9.35. The van der Waals surface area contributed by atoms with E-state index in [4.69, 9.17) is 21.1 Å². The van der Waals surface area contributed by atoms with Crippen molar-refractivity contribution in [1.29, 1.82) is 0 Å². The Kier molecular flexibility index (Phi) is 7.57. The highest BCUT2D eigenvalue weighted by Gasteiger charge is 2.35. The SMILES string of the molecule is CCOc1cc(CCNC(=O)C2CCCCC2C(=O)O)cc(Cl)c1OC. The van der Waals surface area contributed by atoms with Gasteiger partial charge < -0.3 is 19.9 Å². The summed E-state index contributed by atoms with van der Waals surface area (Å²) in [5.74, 6) is -1.02. The van der Waals surface area contributed by atoms with Gasteiger partial charge in [-0.3, -0.25) is 9.59 Å². The first kappa shape index (κ1) is 20.4. The summed E-state index contributed by atoms with van der Waals surface area (Å²) >= 11 is 6.23. The van der Waals surface area contributed by atoms with Gasteiger partial charge in [0.25, 0.3) is 0 Å². The number of hydrogen-bond acceptors (Lipinski definition) is 4. The molecule has 0 aromatic heterocycles. The minimum absolute atomic E-state index is 0.179. The molecule has 2 atom stereocenters. The lowest BCUT2D eigenvalue weighted by atomic mass is 9.78. The molecular formula is C19H26ClNO5. The molecule has 7 heteroatoms. The first-order valence-electron chi connectivity index (χ1n) is 8.97. The summed E-state index contributed by atoms with van der Waals surface area (Å²) in [5.41, 5.74) is 0.915. The summed E-state index contributed by atoms with van der Waals surface area (Å²) in [7, 11) is 1.53. The van der Waals surface area contributed by atoms with Crippen LogP contribution in [0.1, 0.15) is 38.2 Å². The van der Waals surface area contributed by atoms with Gasteiger partial charge in [0.05, 0.1) is 30.6 Å². The molecule has 0 heterocycles. The van der Waals surface area contributed by atoms with Crippen LogP contribution < -0.4 is 14.8 Å². The Hall–Kier alpha value is -1.95. The second-order valence-corrected chi connectivity index (χ2v) is 6.83. The van der Waals surface area contributed by atoms with Gasteiger partial charge in [0, 0.05) is 6.54 Å². The molecule has 2 N–H and O–H groups in total. The molecule has 26 heavy (non-hydrogen) atoms. The number of carbonyl (C=O) groups is 2. The highest BCUT2D eigenvalue weighted by molar-refractivity contribution is 6.32. The van der Waals surface area contributed by atoms with Gasteiger partial charge in [0.2, 0.25) is 5.91 Å². The standard InChI is InChI=1S/C19H26ClNO5/c1-3-26-16-11-12(10-15(20)17(16)25-2)8-9-21-18(22)13-6-4-5-7-14(13)19(23)24/h10-11,13-14H,3-9H2,1-2H3,(H,21,22)(H,23,24). The highest BCUT2D eigenvalue weighted by Crippen LogP contribution is 2.36. The van der Waals surface area contributed by atoms with Gasteiger partial charge in [-0.05, 0) is 43.9 Å². The van der Waals surface area contributed by atoms with Crippen LogP contribution in [0.25, 0.3) is 0 Å². The second kappa shape index (κ2) is 9.67. The van der Waals surface area contributed by atoms with Crippen LogP contribution in [0.4, 0.5) is 0 Å². The van der Waals surface area contributed by atoms with Gasteiger partial charge in [-0.25, -0.2) is 0 Å². The van der Waals surface area contributed by atoms with E-state index in [0.29, 0.717) is 48.9 Å². The normalized spacial score (nSPS) is 19.7. The van der Waals surface area contributed by atoms with Gasteiger partial charge in [-0.1, -0.05) is 24.4 Å². The maximum Gasteiger partial charge on any atom is 0.307 e. The lowest BCUT2D eigenvalue weighted by Crippen LogP contribution is -2.40. The second-order valence-electron chi connectivity index (χ2n) is 6.42. The van der Waals surface area contributed by atoms with Crippen LogP contribution in [0.5, 0.6) is 11.5 Å². The van der Waals surface area contributed by atoms with E-state index in [0.717, 1.165) is 18.4 Å². The van der Waals surface area contributed by atoms with E-state index in [1.807, 2.05) is 13.0 Å². The van der Waals surface area contributed by atoms with Crippen molar-refractivity contribution < 1.29 is 24.2 Å². The molecular weight excluding hydrogens is 358 g/mol. The van der Waals surface area contributed by atoms with Gasteiger partial charge in [0.1, 0.15) is 0 Å². The van der Waals surface area contributed by atoms with Crippen molar-refractivity contribution >= 4 is 23.5 Å². The Labute approximate surface area is 158 Å². The quantitative estimate of drug-likeness (QED) is 0.719. The number of nitrogens with one attached hydrogen (secondary N) is 1. The van der Waals surface area contributed by atoms with Crippen LogP contribution in [-0.4, -0.2) is 37.2 Å². The number of carboxylic acids is 1. The molecule has 6 nitrogen and oxygen atoms in total. The Morgan fingerprint density at radius 1 is 1.27 bits per heavy atom. The topological polar surface area (TPSA) is 84.9 Å². The molecule has 0 bridgehead atoms. The zero-order valence-corrected chi connectivity index (χ0v) is 16.0. The fourth-order valence-electron chi connectivity index (χ4n) is 3.43. The largest absolute Gasteiger partial charge is 0.491 e. The Morgan fingerprint density at radius 2 is 1.96 bits per heavy atom. The fourth-order valence-corrected chi connectivity index (χ4v) is 3.74. The van der Waals surface area contributed by atoms with Crippen LogP contribution >= 0.6 is 11.6 Å². The summed E-state index contributed by atoms with van der Waals surface area (Å²) in [6.07, 6.45) is 3.53. The fraction of sp³-hybridized carbons (Fsp3) is 0.579. The zero-order valence-electron chi connectivity index (χ0n) is 15.2. The van der Waals surface area contributed by atoms with Gasteiger partial charge in [0.15, 0.2) is 11.5 Å². The van der Waals surface area contributed by atoms with E-state index in [2.05, 4.69) is 5.32 Å². The van der Waals surface area contributed by atoms with Gasteiger partial charge in [-0.15, -0.1) is 0 Å². The van der Waals surface area contributed by atoms with Crippen molar-refractivity contribution in [2.45, 2.75) is 39.0 Å². The number of ether oxygens (including phenoxy) is 2. The van der Waals surface area contributed by atoms with Gasteiger partial charge in [-0.2, -0.15) is 0 Å². The summed E-state index contributed by atoms with van der Waals surface area (Å²) in [4.78, 5) is 23.7. The average molecular weight is 384 g/mol. The van der Waals surface area contributed by atoms with Crippen molar-refractivity contribution in [3.05, 3.63) is 22.7 Å². The third kappa shape index (κ3) is 5.04. The number of carbonyl (C=O) groups excluding carboxylic acids is 1. The van der Waals surface area contributed by atoms with E-state index in [9.17, 15) is 14.7 Å². The van der Waals surface area contributed by atoms with E-state index in [1.165, 1.54) is 7.11 Å². The molecule has 1 aliphatic carbocycles. The van der Waals surface area contributed by atoms with Crippen molar-refractivity contribution in [3.8, 4) is 11.5 Å². The van der Waals surface area contributed by atoms with Crippen LogP contribution in [0.15, 0.2) is 12.1 Å². The molecule has 1 fully saturated rings. The maximum atomic E-state index is 12.4. The monoisotopic (exact) mass is 383 g/mol. The molecule has 2 rings (SSSR count). The smallest absolute Gasteiger partial charge is 0.307 e. The van der Waals surface area contributed by atoms with Crippen LogP contribution in [0, 0.1) is 11.8 Å². The molecule has 0 aliphatic heterocycles. The third-order valence-corrected chi connectivity index (χ3v) is 4.99. The molecule has 2 unspecified atom stereocenters. The summed E-state index contributed by atoms with van der Waals surface area (Å²) < 4.78 is 10.8. The number of hydrogen-bond donors (Lipinski definition) is 2. The molecule has 0 saturated heterocycles. The summed E-state index contributed by atoms with van der Waals surface area (Å²) in [6.45, 7) is 2.78. The highest BCUT2D eigenvalue weighted by atomic mass is 35.5. The summed E-state index contributed by atoms with van der Waals surface area (Å²) in [6, 6.07) is 3.64. The van der Waals surface area contributed by atoms with Crippen molar-refractivity contribution in [2.75, 3.05) is 20.3 Å². The first-order chi connectivity index (χ1) is 12.5. The van der Waals surface area contributed by atoms with Crippen molar-refractivity contribution in [2.24, 2.45) is 11.8 Å². The minimum atomic E-state index is -0.881. The van der Waals surface area contributed by atoms with E-state index < -0.39 is 17.8 Å². The predicted octanol–water partition coefficient (Wildman–Crippen LogP) is 3.30. The molecule has 0 radical (unpaired) electrons. The number of carboxylic acid groups (broad SMARTS) is 1. The number of aliphatic carboxylic acids is 1. The van der Waals surface area contributed by atoms with Crippen molar-refractivity contribution in [3.63, 3.8) is 0 Å². The van der Waals surface area contributed by atoms with E-state index in [-0.39, 0.29) is 5.91 Å². The molecule has 0 spiro atoms. The number of benzene rings is 1.